The number of carbonyl (C=O) groups is 1. The van der Waals surface area contributed by atoms with E-state index in [4.69, 9.17) is 16.3 Å². The van der Waals surface area contributed by atoms with E-state index < -0.39 is 0 Å². The number of benzene rings is 2. The fraction of sp³-hybridized carbons (Fsp3) is 0.381. The molecule has 1 fully saturated rings. The van der Waals surface area contributed by atoms with Crippen LogP contribution in [0.15, 0.2) is 48.5 Å². The number of carbonyl (C=O) groups excluding carboxylic acids is 1. The van der Waals surface area contributed by atoms with Gasteiger partial charge in [-0.3, -0.25) is 9.69 Å². The van der Waals surface area contributed by atoms with Gasteiger partial charge in [-0.2, -0.15) is 0 Å². The van der Waals surface area contributed by atoms with Gasteiger partial charge in [-0.25, -0.2) is 0 Å². The van der Waals surface area contributed by atoms with E-state index in [9.17, 15) is 4.79 Å². The molecule has 0 aromatic heterocycles. The molecule has 0 unspecified atom stereocenters. The number of nitrogens with zero attached hydrogens (tertiary/aromatic N) is 2. The molecule has 138 valence electrons. The van der Waals surface area contributed by atoms with E-state index in [1.54, 1.807) is 7.11 Å². The highest BCUT2D eigenvalue weighted by Gasteiger charge is 2.20. The van der Waals surface area contributed by atoms with Crippen LogP contribution in [0.3, 0.4) is 0 Å². The molecule has 0 bridgehead atoms. The number of halogens is 1. The molecule has 2 aromatic rings. The van der Waals surface area contributed by atoms with Crippen LogP contribution >= 0.6 is 11.6 Å². The maximum Gasteiger partial charge on any atom is 0.227 e. The number of rotatable bonds is 6. The van der Waals surface area contributed by atoms with Gasteiger partial charge in [-0.05, 0) is 41.8 Å². The maximum atomic E-state index is 12.5. The molecule has 26 heavy (non-hydrogen) atoms. The lowest BCUT2D eigenvalue weighted by atomic mass is 10.1. The quantitative estimate of drug-likeness (QED) is 0.780. The summed E-state index contributed by atoms with van der Waals surface area (Å²) in [7, 11) is 1.68. The molecule has 1 aliphatic heterocycles. The first-order valence-corrected chi connectivity index (χ1v) is 9.39. The second-order valence-corrected chi connectivity index (χ2v) is 7.06. The van der Waals surface area contributed by atoms with E-state index >= 15 is 0 Å². The number of amides is 1. The zero-order chi connectivity index (χ0) is 18.4. The molecule has 1 heterocycles. The van der Waals surface area contributed by atoms with Gasteiger partial charge in [-0.1, -0.05) is 35.9 Å². The fourth-order valence-electron chi connectivity index (χ4n) is 3.19. The Morgan fingerprint density at radius 2 is 1.58 bits per heavy atom. The third-order valence-electron chi connectivity index (χ3n) is 4.87. The minimum absolute atomic E-state index is 0.196. The second kappa shape index (κ2) is 9.06. The average molecular weight is 373 g/mol. The predicted molar refractivity (Wildman–Crippen MR) is 105 cm³/mol. The fourth-order valence-corrected chi connectivity index (χ4v) is 3.31. The van der Waals surface area contributed by atoms with Gasteiger partial charge in [0.05, 0.1) is 13.5 Å². The number of ether oxygens (including phenoxy) is 1. The van der Waals surface area contributed by atoms with Gasteiger partial charge >= 0.3 is 0 Å². The molecular weight excluding hydrogens is 348 g/mol. The van der Waals surface area contributed by atoms with Crippen molar-refractivity contribution in [3.8, 4) is 5.75 Å². The topological polar surface area (TPSA) is 32.8 Å². The Labute approximate surface area is 160 Å². The minimum atomic E-state index is 0.196. The predicted octanol–water partition coefficient (Wildman–Crippen LogP) is 3.28. The van der Waals surface area contributed by atoms with Crippen LogP contribution in [0, 0.1) is 0 Å². The zero-order valence-corrected chi connectivity index (χ0v) is 15.9. The van der Waals surface area contributed by atoms with Gasteiger partial charge in [0.15, 0.2) is 0 Å². The molecule has 3 rings (SSSR count). The highest BCUT2D eigenvalue weighted by Crippen LogP contribution is 2.14. The first-order valence-electron chi connectivity index (χ1n) is 9.01. The Bertz CT molecular complexity index is 708. The summed E-state index contributed by atoms with van der Waals surface area (Å²) in [6.07, 6.45) is 1.46. The lowest BCUT2D eigenvalue weighted by Crippen LogP contribution is -2.49. The van der Waals surface area contributed by atoms with Gasteiger partial charge < -0.3 is 9.64 Å². The monoisotopic (exact) mass is 372 g/mol. The second-order valence-electron chi connectivity index (χ2n) is 6.62. The zero-order valence-electron chi connectivity index (χ0n) is 15.2. The minimum Gasteiger partial charge on any atom is -0.497 e. The van der Waals surface area contributed by atoms with E-state index in [1.165, 1.54) is 5.56 Å². The molecular formula is C21H25ClN2O2. The van der Waals surface area contributed by atoms with E-state index in [0.717, 1.165) is 50.5 Å². The van der Waals surface area contributed by atoms with Crippen LogP contribution in [-0.4, -0.2) is 55.5 Å². The number of methoxy groups -OCH3 is 1. The molecule has 4 nitrogen and oxygen atoms in total. The van der Waals surface area contributed by atoms with Crippen molar-refractivity contribution in [3.05, 3.63) is 64.7 Å². The van der Waals surface area contributed by atoms with Crippen LogP contribution < -0.4 is 4.74 Å². The largest absolute Gasteiger partial charge is 0.497 e. The van der Waals surface area contributed by atoms with Gasteiger partial charge in [0.2, 0.25) is 5.91 Å². The Morgan fingerprint density at radius 1 is 0.962 bits per heavy atom. The van der Waals surface area contributed by atoms with Gasteiger partial charge in [0.1, 0.15) is 5.75 Å². The van der Waals surface area contributed by atoms with Crippen LogP contribution in [0.1, 0.15) is 11.1 Å². The van der Waals surface area contributed by atoms with Crippen molar-refractivity contribution in [1.82, 2.24) is 9.80 Å². The molecule has 0 saturated carbocycles. The first kappa shape index (κ1) is 18.7. The normalized spacial score (nSPS) is 15.1. The molecule has 0 radical (unpaired) electrons. The van der Waals surface area contributed by atoms with Crippen LogP contribution in [0.5, 0.6) is 5.75 Å². The molecule has 1 amide bonds. The lowest BCUT2D eigenvalue weighted by Gasteiger charge is -2.34. The van der Waals surface area contributed by atoms with Crippen molar-refractivity contribution in [3.63, 3.8) is 0 Å². The lowest BCUT2D eigenvalue weighted by molar-refractivity contribution is -0.132. The molecule has 1 saturated heterocycles. The summed E-state index contributed by atoms with van der Waals surface area (Å²) in [5.41, 5.74) is 2.33. The summed E-state index contributed by atoms with van der Waals surface area (Å²) in [5.74, 6) is 1.09. The van der Waals surface area contributed by atoms with Crippen molar-refractivity contribution in [1.29, 1.82) is 0 Å². The Morgan fingerprint density at radius 3 is 2.19 bits per heavy atom. The highest BCUT2D eigenvalue weighted by atomic mass is 35.5. The summed E-state index contributed by atoms with van der Waals surface area (Å²) in [6, 6.07) is 15.8. The molecule has 5 heteroatoms. The van der Waals surface area contributed by atoms with Crippen LogP contribution in [0.25, 0.3) is 0 Å². The summed E-state index contributed by atoms with van der Waals surface area (Å²) in [6.45, 7) is 4.49. The van der Waals surface area contributed by atoms with E-state index in [2.05, 4.69) is 17.0 Å². The van der Waals surface area contributed by atoms with Crippen LogP contribution in [0.4, 0.5) is 0 Å². The van der Waals surface area contributed by atoms with Crippen molar-refractivity contribution >= 4 is 17.5 Å². The SMILES string of the molecule is COc1ccc(CCN2CCN(C(=O)Cc3ccc(Cl)cc3)CC2)cc1. The highest BCUT2D eigenvalue weighted by molar-refractivity contribution is 6.30. The Hall–Kier alpha value is -2.04. The average Bonchev–Trinajstić information content (AvgIpc) is 2.69. The Kier molecular flexibility index (Phi) is 6.53. The van der Waals surface area contributed by atoms with Crippen molar-refractivity contribution < 1.29 is 9.53 Å². The van der Waals surface area contributed by atoms with Crippen molar-refractivity contribution in [2.75, 3.05) is 39.8 Å². The Balaban J connectivity index is 1.41. The summed E-state index contributed by atoms with van der Waals surface area (Å²) in [5, 5.41) is 0.701. The summed E-state index contributed by atoms with van der Waals surface area (Å²) >= 11 is 5.89. The van der Waals surface area contributed by atoms with Gasteiger partial charge in [0.25, 0.3) is 0 Å². The van der Waals surface area contributed by atoms with E-state index in [1.807, 2.05) is 41.3 Å². The van der Waals surface area contributed by atoms with Crippen LogP contribution in [0.2, 0.25) is 5.02 Å². The molecule has 0 atom stereocenters. The third-order valence-corrected chi connectivity index (χ3v) is 5.12. The molecule has 0 aliphatic carbocycles. The summed E-state index contributed by atoms with van der Waals surface area (Å²) < 4.78 is 5.19. The van der Waals surface area contributed by atoms with Crippen molar-refractivity contribution in [2.45, 2.75) is 12.8 Å². The molecule has 2 aromatic carbocycles. The number of hydrogen-bond donors (Lipinski definition) is 0. The number of hydrogen-bond acceptors (Lipinski definition) is 3. The standard InChI is InChI=1S/C21H25ClN2O2/c1-26-20-8-4-17(5-9-20)10-11-23-12-14-24(15-13-23)21(25)16-18-2-6-19(22)7-3-18/h2-9H,10-16H2,1H3. The third kappa shape index (κ3) is 5.23. The van der Waals surface area contributed by atoms with E-state index in [-0.39, 0.29) is 5.91 Å². The van der Waals surface area contributed by atoms with Gasteiger partial charge in [0, 0.05) is 37.7 Å². The van der Waals surface area contributed by atoms with Crippen LogP contribution in [-0.2, 0) is 17.6 Å². The maximum absolute atomic E-state index is 12.5. The molecule has 1 aliphatic rings. The smallest absolute Gasteiger partial charge is 0.227 e. The summed E-state index contributed by atoms with van der Waals surface area (Å²) in [4.78, 5) is 16.9. The van der Waals surface area contributed by atoms with E-state index in [0.29, 0.717) is 11.4 Å². The molecule has 0 spiro atoms. The molecule has 0 N–H and O–H groups in total. The van der Waals surface area contributed by atoms with Gasteiger partial charge in [-0.15, -0.1) is 0 Å². The van der Waals surface area contributed by atoms with Crippen molar-refractivity contribution in [2.24, 2.45) is 0 Å². The first-order chi connectivity index (χ1) is 12.6. The number of piperazine rings is 1.